The van der Waals surface area contributed by atoms with E-state index in [4.69, 9.17) is 19.6 Å². The van der Waals surface area contributed by atoms with Gasteiger partial charge in [-0.3, -0.25) is 19.1 Å². The molecule has 0 spiro atoms. The summed E-state index contributed by atoms with van der Waals surface area (Å²) in [7, 11) is -5.20. The van der Waals surface area contributed by atoms with E-state index in [9.17, 15) is 29.5 Å². The summed E-state index contributed by atoms with van der Waals surface area (Å²) in [4.78, 5) is 49.0. The second-order valence-electron chi connectivity index (χ2n) is 6.17. The third-order valence-electron chi connectivity index (χ3n) is 4.23. The van der Waals surface area contributed by atoms with Crippen LogP contribution in [-0.4, -0.2) is 94.2 Å². The van der Waals surface area contributed by atoms with Gasteiger partial charge in [-0.25, -0.2) is 19.3 Å². The number of hydrogen-bond acceptors (Lipinski definition) is 12. The maximum atomic E-state index is 11.7. The molecule has 16 heteroatoms. The molecule has 0 bridgehead atoms. The molecule has 160 valence electrons. The summed E-state index contributed by atoms with van der Waals surface area (Å²) in [6.07, 6.45) is -4.44. The Morgan fingerprint density at radius 3 is 2.52 bits per heavy atom. The summed E-state index contributed by atoms with van der Waals surface area (Å²) in [6, 6.07) is 0. The van der Waals surface area contributed by atoms with E-state index in [0.29, 0.717) is 0 Å². The highest BCUT2D eigenvalue weighted by molar-refractivity contribution is 7.47. The van der Waals surface area contributed by atoms with E-state index in [1.807, 2.05) is 0 Å². The van der Waals surface area contributed by atoms with E-state index in [1.54, 1.807) is 0 Å². The molecule has 3 unspecified atom stereocenters. The number of aliphatic imine (C=N–C) groups is 1. The largest absolute Gasteiger partial charge is 0.527 e. The van der Waals surface area contributed by atoms with Crippen molar-refractivity contribution in [3.63, 3.8) is 0 Å². The van der Waals surface area contributed by atoms with Crippen LogP contribution in [0.5, 0.6) is 0 Å². The Balaban J connectivity index is 1.75. The SMILES string of the molecule is O=C(CN1C=Nc2c(ncn2[C@@H]2O[C@H](CO)C(O)C2O)C1O)C(=O)OP(=O)(O)O. The van der Waals surface area contributed by atoms with Gasteiger partial charge in [0.1, 0.15) is 24.0 Å². The quantitative estimate of drug-likeness (QED) is 0.190. The number of nitrogens with zero attached hydrogens (tertiary/aromatic N) is 4. The number of imidazole rings is 1. The molecule has 2 aliphatic rings. The van der Waals surface area contributed by atoms with Gasteiger partial charge in [-0.05, 0) is 0 Å². The summed E-state index contributed by atoms with van der Waals surface area (Å²) in [5.74, 6) is -3.12. The lowest BCUT2D eigenvalue weighted by molar-refractivity contribution is -0.149. The summed E-state index contributed by atoms with van der Waals surface area (Å²) in [5, 5.41) is 39.5. The van der Waals surface area contributed by atoms with Gasteiger partial charge in [-0.1, -0.05) is 0 Å². The van der Waals surface area contributed by atoms with Gasteiger partial charge in [-0.2, -0.15) is 0 Å². The number of phosphoric acid groups is 1. The lowest BCUT2D eigenvalue weighted by Crippen LogP contribution is -2.37. The number of phosphoric ester groups is 1. The van der Waals surface area contributed by atoms with Crippen molar-refractivity contribution in [2.75, 3.05) is 13.2 Å². The molecule has 0 amide bonds. The maximum Gasteiger partial charge on any atom is 0.527 e. The predicted molar refractivity (Wildman–Crippen MR) is 88.2 cm³/mol. The third-order valence-corrected chi connectivity index (χ3v) is 4.63. The summed E-state index contributed by atoms with van der Waals surface area (Å²) < 4.78 is 20.9. The minimum Gasteiger partial charge on any atom is -0.394 e. The lowest BCUT2D eigenvalue weighted by atomic mass is 10.1. The van der Waals surface area contributed by atoms with Crippen LogP contribution in [0.1, 0.15) is 18.1 Å². The molecule has 6 N–H and O–H groups in total. The highest BCUT2D eigenvalue weighted by Crippen LogP contribution is 2.38. The van der Waals surface area contributed by atoms with Gasteiger partial charge < -0.3 is 34.6 Å². The van der Waals surface area contributed by atoms with Gasteiger partial charge >= 0.3 is 13.8 Å². The average molecular weight is 436 g/mol. The zero-order valence-electron chi connectivity index (χ0n) is 14.4. The predicted octanol–water partition coefficient (Wildman–Crippen LogP) is -3.33. The number of carbonyl (C=O) groups is 2. The third kappa shape index (κ3) is 4.22. The first-order chi connectivity index (χ1) is 13.5. The van der Waals surface area contributed by atoms with E-state index in [2.05, 4.69) is 14.5 Å². The summed E-state index contributed by atoms with van der Waals surface area (Å²) >= 11 is 0. The number of rotatable bonds is 6. The van der Waals surface area contributed by atoms with Crippen LogP contribution in [0.3, 0.4) is 0 Å². The number of hydrogen-bond donors (Lipinski definition) is 6. The van der Waals surface area contributed by atoms with Crippen LogP contribution in [0.4, 0.5) is 5.82 Å². The normalized spacial score (nSPS) is 29.0. The van der Waals surface area contributed by atoms with Gasteiger partial charge in [0.15, 0.2) is 18.3 Å². The Morgan fingerprint density at radius 2 is 1.93 bits per heavy atom. The van der Waals surface area contributed by atoms with Crippen LogP contribution in [-0.2, 0) is 23.4 Å². The molecule has 0 aliphatic carbocycles. The highest BCUT2D eigenvalue weighted by atomic mass is 31.2. The van der Waals surface area contributed by atoms with Gasteiger partial charge in [0.2, 0.25) is 0 Å². The number of aliphatic hydroxyl groups is 4. The zero-order chi connectivity index (χ0) is 21.5. The van der Waals surface area contributed by atoms with Crippen LogP contribution >= 0.6 is 7.82 Å². The standard InChI is InChI=1S/C13H17N4O11P/c18-2-6-8(20)9(21)12(27-6)17-4-14-7-10(17)15-3-16(11(7)22)1-5(19)13(23)28-29(24,25)26/h3-4,6,8-9,11-12,18,20-22H,1-2H2,(H2,24,25,26)/t6-,8?,9?,11?,12-/m1/s1. The van der Waals surface area contributed by atoms with E-state index in [0.717, 1.165) is 17.6 Å². The van der Waals surface area contributed by atoms with E-state index >= 15 is 0 Å². The second-order valence-corrected chi connectivity index (χ2v) is 7.34. The Morgan fingerprint density at radius 1 is 1.24 bits per heavy atom. The van der Waals surface area contributed by atoms with Crippen molar-refractivity contribution in [1.29, 1.82) is 0 Å². The number of fused-ring (bicyclic) bond motifs is 1. The molecule has 0 saturated carbocycles. The summed E-state index contributed by atoms with van der Waals surface area (Å²) in [5.41, 5.74) is -0.0820. The number of ketones is 1. The molecule has 2 aliphatic heterocycles. The fraction of sp³-hybridized carbons (Fsp3) is 0.538. The zero-order valence-corrected chi connectivity index (χ0v) is 15.3. The van der Waals surface area contributed by atoms with E-state index < -0.39 is 63.5 Å². The topological polar surface area (TPSA) is 224 Å². The van der Waals surface area contributed by atoms with Crippen molar-refractivity contribution in [3.8, 4) is 0 Å². The van der Waals surface area contributed by atoms with Crippen molar-refractivity contribution < 1.29 is 53.6 Å². The molecule has 1 fully saturated rings. The highest BCUT2D eigenvalue weighted by Gasteiger charge is 2.45. The van der Waals surface area contributed by atoms with Gasteiger partial charge in [0.05, 0.1) is 25.8 Å². The molecule has 1 saturated heterocycles. The first-order valence-corrected chi connectivity index (χ1v) is 9.56. The molecule has 1 aromatic heterocycles. The van der Waals surface area contributed by atoms with Crippen molar-refractivity contribution in [2.24, 2.45) is 4.99 Å². The molecule has 1 aromatic rings. The number of carbonyl (C=O) groups excluding carboxylic acids is 2. The molecular weight excluding hydrogens is 419 g/mol. The smallest absolute Gasteiger partial charge is 0.394 e. The molecule has 29 heavy (non-hydrogen) atoms. The number of aromatic nitrogens is 2. The lowest BCUT2D eigenvalue weighted by Gasteiger charge is -2.27. The Labute approximate surface area is 161 Å². The van der Waals surface area contributed by atoms with Crippen molar-refractivity contribution >= 4 is 31.7 Å². The molecule has 5 atom stereocenters. The number of aliphatic hydroxyl groups excluding tert-OH is 4. The Hall–Kier alpha value is -2.23. The minimum atomic E-state index is -5.20. The minimum absolute atomic E-state index is 0.0221. The van der Waals surface area contributed by atoms with Crippen LogP contribution in [0, 0.1) is 0 Å². The van der Waals surface area contributed by atoms with Gasteiger partial charge in [0.25, 0.3) is 5.78 Å². The fourth-order valence-electron chi connectivity index (χ4n) is 2.85. The Kier molecular flexibility index (Phi) is 5.84. The van der Waals surface area contributed by atoms with Crippen LogP contribution in [0.15, 0.2) is 11.3 Å². The molecule has 0 radical (unpaired) electrons. The molecular formula is C13H17N4O11P. The first kappa shape index (κ1) is 21.5. The van der Waals surface area contributed by atoms with Crippen LogP contribution < -0.4 is 0 Å². The fourth-order valence-corrected chi connectivity index (χ4v) is 3.16. The second kappa shape index (κ2) is 7.89. The molecule has 3 rings (SSSR count). The number of Topliss-reactive ketones (excluding diaryl/α,β-unsaturated/α-hetero) is 1. The van der Waals surface area contributed by atoms with E-state index in [1.165, 1.54) is 4.57 Å². The average Bonchev–Trinajstić information content (AvgIpc) is 3.18. The van der Waals surface area contributed by atoms with Crippen LogP contribution in [0.25, 0.3) is 0 Å². The summed E-state index contributed by atoms with van der Waals surface area (Å²) in [6.45, 7) is -1.36. The monoisotopic (exact) mass is 436 g/mol. The maximum absolute atomic E-state index is 11.7. The number of ether oxygens (including phenoxy) is 1. The van der Waals surface area contributed by atoms with Crippen LogP contribution in [0.2, 0.25) is 0 Å². The molecule has 3 heterocycles. The van der Waals surface area contributed by atoms with Crippen molar-refractivity contribution in [1.82, 2.24) is 14.5 Å². The van der Waals surface area contributed by atoms with Gasteiger partial charge in [-0.15, -0.1) is 0 Å². The Bertz CT molecular complexity index is 882. The van der Waals surface area contributed by atoms with Crippen molar-refractivity contribution in [2.45, 2.75) is 30.8 Å². The van der Waals surface area contributed by atoms with Gasteiger partial charge in [0, 0.05) is 0 Å². The van der Waals surface area contributed by atoms with E-state index in [-0.39, 0.29) is 11.5 Å². The molecule has 15 nitrogen and oxygen atoms in total. The first-order valence-electron chi connectivity index (χ1n) is 8.03. The molecule has 0 aromatic carbocycles. The van der Waals surface area contributed by atoms with Crippen molar-refractivity contribution in [3.05, 3.63) is 12.0 Å².